The quantitative estimate of drug-likeness (QED) is 0.925. The zero-order valence-electron chi connectivity index (χ0n) is 11.7. The lowest BCUT2D eigenvalue weighted by atomic mass is 10.2. The second kappa shape index (κ2) is 6.13. The number of aromatic nitrogens is 1. The Balaban J connectivity index is 1.82. The SMILES string of the molecule is C[C@@H]1CN(C(=O)c2cnc(-c3ccccc3Cl)s2)CCN1. The number of hydrogen-bond donors (Lipinski definition) is 1. The Labute approximate surface area is 132 Å². The van der Waals surface area contributed by atoms with Crippen molar-refractivity contribution in [3.8, 4) is 10.6 Å². The summed E-state index contributed by atoms with van der Waals surface area (Å²) in [5.74, 6) is 0.0548. The van der Waals surface area contributed by atoms with Gasteiger partial charge in [-0.1, -0.05) is 29.8 Å². The average molecular weight is 322 g/mol. The number of nitrogens with zero attached hydrogens (tertiary/aromatic N) is 2. The number of halogens is 1. The van der Waals surface area contributed by atoms with E-state index in [0.29, 0.717) is 15.9 Å². The van der Waals surface area contributed by atoms with E-state index < -0.39 is 0 Å². The Morgan fingerprint density at radius 2 is 2.29 bits per heavy atom. The summed E-state index contributed by atoms with van der Waals surface area (Å²) in [6.07, 6.45) is 1.65. The molecule has 1 aliphatic rings. The second-order valence-corrected chi connectivity index (χ2v) is 6.55. The summed E-state index contributed by atoms with van der Waals surface area (Å²) >= 11 is 7.57. The molecule has 2 heterocycles. The summed E-state index contributed by atoms with van der Waals surface area (Å²) in [6, 6.07) is 7.88. The lowest BCUT2D eigenvalue weighted by Crippen LogP contribution is -2.51. The zero-order chi connectivity index (χ0) is 14.8. The molecule has 1 saturated heterocycles. The van der Waals surface area contributed by atoms with E-state index in [4.69, 9.17) is 11.6 Å². The van der Waals surface area contributed by atoms with Gasteiger partial charge in [-0.05, 0) is 13.0 Å². The van der Waals surface area contributed by atoms with Crippen molar-refractivity contribution in [1.29, 1.82) is 0 Å². The number of nitrogens with one attached hydrogen (secondary N) is 1. The van der Waals surface area contributed by atoms with Gasteiger partial charge in [0.2, 0.25) is 0 Å². The Morgan fingerprint density at radius 3 is 3.05 bits per heavy atom. The van der Waals surface area contributed by atoms with Gasteiger partial charge in [-0.2, -0.15) is 0 Å². The van der Waals surface area contributed by atoms with Crippen molar-refractivity contribution in [3.05, 3.63) is 40.4 Å². The third-order valence-electron chi connectivity index (χ3n) is 3.48. The van der Waals surface area contributed by atoms with E-state index in [9.17, 15) is 4.79 Å². The molecule has 2 aromatic rings. The smallest absolute Gasteiger partial charge is 0.265 e. The van der Waals surface area contributed by atoms with Gasteiger partial charge in [0.05, 0.1) is 11.2 Å². The highest BCUT2D eigenvalue weighted by molar-refractivity contribution is 7.17. The number of amides is 1. The van der Waals surface area contributed by atoms with Crippen LogP contribution in [0, 0.1) is 0 Å². The first kappa shape index (κ1) is 14.5. The fourth-order valence-electron chi connectivity index (χ4n) is 2.40. The molecule has 0 unspecified atom stereocenters. The maximum Gasteiger partial charge on any atom is 0.265 e. The topological polar surface area (TPSA) is 45.2 Å². The van der Waals surface area contributed by atoms with Gasteiger partial charge in [-0.15, -0.1) is 11.3 Å². The molecular weight excluding hydrogens is 306 g/mol. The van der Waals surface area contributed by atoms with Gasteiger partial charge in [-0.25, -0.2) is 4.98 Å². The summed E-state index contributed by atoms with van der Waals surface area (Å²) in [4.78, 5) is 19.4. The number of carbonyl (C=O) groups excluding carboxylic acids is 1. The molecule has 21 heavy (non-hydrogen) atoms. The fourth-order valence-corrected chi connectivity index (χ4v) is 3.61. The van der Waals surface area contributed by atoms with Crippen LogP contribution in [-0.2, 0) is 0 Å². The minimum absolute atomic E-state index is 0.0548. The Bertz CT molecular complexity index is 658. The van der Waals surface area contributed by atoms with Crippen LogP contribution in [0.3, 0.4) is 0 Å². The van der Waals surface area contributed by atoms with Crippen LogP contribution in [0.4, 0.5) is 0 Å². The van der Waals surface area contributed by atoms with E-state index in [2.05, 4.69) is 17.2 Å². The van der Waals surface area contributed by atoms with E-state index >= 15 is 0 Å². The molecule has 1 aromatic heterocycles. The second-order valence-electron chi connectivity index (χ2n) is 5.12. The van der Waals surface area contributed by atoms with Crippen LogP contribution in [0.1, 0.15) is 16.6 Å². The fraction of sp³-hybridized carbons (Fsp3) is 0.333. The van der Waals surface area contributed by atoms with Crippen molar-refractivity contribution in [1.82, 2.24) is 15.2 Å². The van der Waals surface area contributed by atoms with Crippen LogP contribution in [0.2, 0.25) is 5.02 Å². The van der Waals surface area contributed by atoms with E-state index in [0.717, 1.165) is 30.2 Å². The van der Waals surface area contributed by atoms with Gasteiger partial charge in [0.25, 0.3) is 5.91 Å². The average Bonchev–Trinajstić information content (AvgIpc) is 2.96. The summed E-state index contributed by atoms with van der Waals surface area (Å²) in [5.41, 5.74) is 0.872. The maximum absolute atomic E-state index is 12.5. The molecule has 0 spiro atoms. The molecule has 1 atom stereocenters. The Hall–Kier alpha value is -1.43. The van der Waals surface area contributed by atoms with Gasteiger partial charge in [-0.3, -0.25) is 4.79 Å². The van der Waals surface area contributed by atoms with E-state index in [1.54, 1.807) is 6.20 Å². The summed E-state index contributed by atoms with van der Waals surface area (Å²) < 4.78 is 0. The standard InChI is InChI=1S/C15H16ClN3OS/c1-10-9-19(7-6-17-10)15(20)13-8-18-14(21-13)11-4-2-3-5-12(11)16/h2-5,8,10,17H,6-7,9H2,1H3/t10-/m1/s1. The Morgan fingerprint density at radius 1 is 1.48 bits per heavy atom. The maximum atomic E-state index is 12.5. The van der Waals surface area contributed by atoms with E-state index in [1.807, 2.05) is 29.2 Å². The van der Waals surface area contributed by atoms with E-state index in [1.165, 1.54) is 11.3 Å². The van der Waals surface area contributed by atoms with Crippen molar-refractivity contribution in [3.63, 3.8) is 0 Å². The number of benzene rings is 1. The lowest BCUT2D eigenvalue weighted by molar-refractivity contribution is 0.0714. The van der Waals surface area contributed by atoms with E-state index in [-0.39, 0.29) is 5.91 Å². The molecule has 3 rings (SSSR count). The molecule has 0 saturated carbocycles. The first-order valence-electron chi connectivity index (χ1n) is 6.88. The van der Waals surface area contributed by atoms with Crippen LogP contribution in [0.5, 0.6) is 0 Å². The third kappa shape index (κ3) is 3.10. The van der Waals surface area contributed by atoms with Gasteiger partial charge >= 0.3 is 0 Å². The first-order chi connectivity index (χ1) is 10.1. The molecule has 110 valence electrons. The molecule has 1 amide bonds. The minimum Gasteiger partial charge on any atom is -0.335 e. The molecule has 1 aromatic carbocycles. The first-order valence-corrected chi connectivity index (χ1v) is 8.08. The van der Waals surface area contributed by atoms with Crippen molar-refractivity contribution in [2.75, 3.05) is 19.6 Å². The zero-order valence-corrected chi connectivity index (χ0v) is 13.2. The number of hydrogen-bond acceptors (Lipinski definition) is 4. The lowest BCUT2D eigenvalue weighted by Gasteiger charge is -2.31. The third-order valence-corrected chi connectivity index (χ3v) is 4.82. The minimum atomic E-state index is 0.0548. The van der Waals surface area contributed by atoms with Crippen LogP contribution in [-0.4, -0.2) is 41.5 Å². The summed E-state index contributed by atoms with van der Waals surface area (Å²) in [7, 11) is 0. The van der Waals surface area contributed by atoms with Crippen LogP contribution >= 0.6 is 22.9 Å². The highest BCUT2D eigenvalue weighted by Crippen LogP contribution is 2.31. The number of piperazine rings is 1. The van der Waals surface area contributed by atoms with Crippen LogP contribution in [0.15, 0.2) is 30.5 Å². The molecule has 0 bridgehead atoms. The highest BCUT2D eigenvalue weighted by Gasteiger charge is 2.23. The van der Waals surface area contributed by atoms with Gasteiger partial charge < -0.3 is 10.2 Å². The molecule has 6 heteroatoms. The van der Waals surface area contributed by atoms with Gasteiger partial charge in [0.1, 0.15) is 9.88 Å². The molecular formula is C15H16ClN3OS. The number of rotatable bonds is 2. The van der Waals surface area contributed by atoms with Crippen molar-refractivity contribution in [2.24, 2.45) is 0 Å². The number of thiazole rings is 1. The van der Waals surface area contributed by atoms with Crippen LogP contribution < -0.4 is 5.32 Å². The molecule has 0 aliphatic carbocycles. The highest BCUT2D eigenvalue weighted by atomic mass is 35.5. The van der Waals surface area contributed by atoms with Gasteiger partial charge in [0, 0.05) is 31.2 Å². The number of carbonyl (C=O) groups is 1. The molecule has 1 fully saturated rings. The monoisotopic (exact) mass is 321 g/mol. The van der Waals surface area contributed by atoms with Crippen LogP contribution in [0.25, 0.3) is 10.6 Å². The normalized spacial score (nSPS) is 18.8. The largest absolute Gasteiger partial charge is 0.335 e. The van der Waals surface area contributed by atoms with Crippen molar-refractivity contribution >= 4 is 28.8 Å². The predicted octanol–water partition coefficient (Wildman–Crippen LogP) is 2.90. The summed E-state index contributed by atoms with van der Waals surface area (Å²) in [5, 5.41) is 4.77. The molecule has 0 radical (unpaired) electrons. The molecule has 4 nitrogen and oxygen atoms in total. The Kier molecular flexibility index (Phi) is 4.24. The van der Waals surface area contributed by atoms with Crippen molar-refractivity contribution < 1.29 is 4.79 Å². The molecule has 1 aliphatic heterocycles. The van der Waals surface area contributed by atoms with Gasteiger partial charge in [0.15, 0.2) is 0 Å². The summed E-state index contributed by atoms with van der Waals surface area (Å²) in [6.45, 7) is 4.39. The predicted molar refractivity (Wildman–Crippen MR) is 85.9 cm³/mol. The molecule has 1 N–H and O–H groups in total. The van der Waals surface area contributed by atoms with Crippen molar-refractivity contribution in [2.45, 2.75) is 13.0 Å².